The quantitative estimate of drug-likeness (QED) is 0.592. The molecule has 0 atom stereocenters. The number of alkyl halides is 2. The Labute approximate surface area is 104 Å². The normalized spacial score (nSPS) is 10.3. The first-order valence-electron chi connectivity index (χ1n) is 4.99. The van der Waals surface area contributed by atoms with Crippen molar-refractivity contribution in [3.63, 3.8) is 0 Å². The van der Waals surface area contributed by atoms with Gasteiger partial charge in [0, 0.05) is 23.2 Å². The van der Waals surface area contributed by atoms with E-state index in [1.54, 1.807) is 0 Å². The molecule has 0 aliphatic carbocycles. The van der Waals surface area contributed by atoms with Gasteiger partial charge in [-0.25, -0.2) is 0 Å². The molecule has 0 fully saturated rings. The number of rotatable bonds is 5. The fraction of sp³-hybridized carbons (Fsp3) is 0.417. The van der Waals surface area contributed by atoms with Gasteiger partial charge in [0.15, 0.2) is 5.78 Å². The van der Waals surface area contributed by atoms with Crippen molar-refractivity contribution in [2.24, 2.45) is 0 Å². The molecule has 1 aromatic rings. The molecule has 1 nitrogen and oxygen atoms in total. The molecule has 0 radical (unpaired) electrons. The lowest BCUT2D eigenvalue weighted by atomic mass is 10.00. The summed E-state index contributed by atoms with van der Waals surface area (Å²) in [6.45, 7) is 2.09. The first-order chi connectivity index (χ1) is 7.22. The number of carbonyl (C=O) groups excluding carboxylic acids is 1. The van der Waals surface area contributed by atoms with Gasteiger partial charge in [-0.05, 0) is 23.6 Å². The van der Waals surface area contributed by atoms with E-state index in [1.165, 1.54) is 11.1 Å². The van der Waals surface area contributed by atoms with Gasteiger partial charge >= 0.3 is 0 Å². The largest absolute Gasteiger partial charge is 0.294 e. The van der Waals surface area contributed by atoms with Crippen LogP contribution in [0.25, 0.3) is 0 Å². The number of hydrogen-bond acceptors (Lipinski definition) is 1. The Morgan fingerprint density at radius 3 is 2.67 bits per heavy atom. The van der Waals surface area contributed by atoms with Gasteiger partial charge in [0.05, 0.1) is 0 Å². The number of carbonyl (C=O) groups is 1. The molecule has 0 aliphatic rings. The summed E-state index contributed by atoms with van der Waals surface area (Å²) in [5, 5.41) is 0.833. The van der Waals surface area contributed by atoms with Gasteiger partial charge < -0.3 is 0 Å². The average Bonchev–Trinajstić information content (AvgIpc) is 2.28. The summed E-state index contributed by atoms with van der Waals surface area (Å²) in [6.07, 6.45) is 1.36. The summed E-state index contributed by atoms with van der Waals surface area (Å²) >= 11 is 8.99. The van der Waals surface area contributed by atoms with Gasteiger partial charge in [-0.1, -0.05) is 35.0 Å². The molecule has 0 heterocycles. The average molecular weight is 290 g/mol. The Morgan fingerprint density at radius 1 is 1.40 bits per heavy atom. The predicted octanol–water partition coefficient (Wildman–Crippen LogP) is 3.96. The molecule has 0 N–H and O–H groups in total. The summed E-state index contributed by atoms with van der Waals surface area (Å²) in [7, 11) is 0. The van der Waals surface area contributed by atoms with Crippen LogP contribution in [0.3, 0.4) is 0 Å². The van der Waals surface area contributed by atoms with Crippen LogP contribution in [0.5, 0.6) is 0 Å². The Hall–Kier alpha value is -0.340. The summed E-state index contributed by atoms with van der Waals surface area (Å²) in [4.78, 5) is 11.6. The molecule has 3 heteroatoms. The van der Waals surface area contributed by atoms with Gasteiger partial charge in [-0.2, -0.15) is 0 Å². The molecule has 0 saturated carbocycles. The van der Waals surface area contributed by atoms with Crippen LogP contribution in [0.2, 0.25) is 0 Å². The monoisotopic (exact) mass is 288 g/mol. The van der Waals surface area contributed by atoms with E-state index in [1.807, 2.05) is 18.2 Å². The highest BCUT2D eigenvalue weighted by Crippen LogP contribution is 2.17. The zero-order chi connectivity index (χ0) is 11.3. The van der Waals surface area contributed by atoms with Gasteiger partial charge in [-0.3, -0.25) is 4.79 Å². The lowest BCUT2D eigenvalue weighted by molar-refractivity contribution is 0.0989. The molecule has 0 bridgehead atoms. The van der Waals surface area contributed by atoms with E-state index >= 15 is 0 Å². The topological polar surface area (TPSA) is 17.1 Å². The van der Waals surface area contributed by atoms with Crippen molar-refractivity contribution in [1.29, 1.82) is 0 Å². The highest BCUT2D eigenvalue weighted by atomic mass is 79.9. The number of Topliss-reactive ketones (excluding diaryl/α,β-unsaturated/α-hetero) is 1. The molecule has 0 aliphatic heterocycles. The maximum absolute atomic E-state index is 11.6. The second-order valence-electron chi connectivity index (χ2n) is 3.33. The Kier molecular flexibility index (Phi) is 5.34. The standard InChI is InChI=1S/C12H14BrClO/c1-2-9-7-10(12(15)5-6-14)3-4-11(9)8-13/h3-4,7H,2,5-6,8H2,1H3. The zero-order valence-corrected chi connectivity index (χ0v) is 11.1. The molecular formula is C12H14BrClO. The van der Waals surface area contributed by atoms with Crippen molar-refractivity contribution in [2.45, 2.75) is 25.1 Å². The van der Waals surface area contributed by atoms with Crippen molar-refractivity contribution >= 4 is 33.3 Å². The van der Waals surface area contributed by atoms with Gasteiger partial charge in [0.1, 0.15) is 0 Å². The van der Waals surface area contributed by atoms with E-state index in [2.05, 4.69) is 22.9 Å². The van der Waals surface area contributed by atoms with Crippen molar-refractivity contribution in [3.8, 4) is 0 Å². The summed E-state index contributed by atoms with van der Waals surface area (Å²) in [6, 6.07) is 5.87. The van der Waals surface area contributed by atoms with Crippen molar-refractivity contribution in [2.75, 3.05) is 5.88 Å². The first-order valence-corrected chi connectivity index (χ1v) is 6.65. The zero-order valence-electron chi connectivity index (χ0n) is 8.72. The minimum atomic E-state index is 0.126. The smallest absolute Gasteiger partial charge is 0.164 e. The van der Waals surface area contributed by atoms with E-state index < -0.39 is 0 Å². The van der Waals surface area contributed by atoms with Crippen LogP contribution in [0.4, 0.5) is 0 Å². The van der Waals surface area contributed by atoms with Gasteiger partial charge in [0.2, 0.25) is 0 Å². The molecule has 15 heavy (non-hydrogen) atoms. The Bertz CT molecular complexity index is 349. The van der Waals surface area contributed by atoms with Gasteiger partial charge in [0.25, 0.3) is 0 Å². The van der Waals surface area contributed by atoms with Crippen LogP contribution in [0, 0.1) is 0 Å². The van der Waals surface area contributed by atoms with Crippen molar-refractivity contribution in [3.05, 3.63) is 34.9 Å². The Balaban J connectivity index is 2.97. The third-order valence-electron chi connectivity index (χ3n) is 2.37. The fourth-order valence-corrected chi connectivity index (χ4v) is 2.21. The number of halogens is 2. The van der Waals surface area contributed by atoms with E-state index in [0.29, 0.717) is 12.3 Å². The third kappa shape index (κ3) is 3.32. The van der Waals surface area contributed by atoms with Crippen LogP contribution in [0.1, 0.15) is 34.8 Å². The number of aryl methyl sites for hydroxylation is 1. The maximum atomic E-state index is 11.6. The first kappa shape index (κ1) is 12.7. The molecule has 1 rings (SSSR count). The molecule has 0 saturated heterocycles. The minimum Gasteiger partial charge on any atom is -0.294 e. The molecule has 82 valence electrons. The number of benzene rings is 1. The van der Waals surface area contributed by atoms with Crippen LogP contribution in [-0.4, -0.2) is 11.7 Å². The minimum absolute atomic E-state index is 0.126. The van der Waals surface area contributed by atoms with Crippen LogP contribution >= 0.6 is 27.5 Å². The van der Waals surface area contributed by atoms with Crippen LogP contribution < -0.4 is 0 Å². The number of hydrogen-bond donors (Lipinski definition) is 0. The van der Waals surface area contributed by atoms with Crippen LogP contribution in [-0.2, 0) is 11.8 Å². The molecule has 0 spiro atoms. The maximum Gasteiger partial charge on any atom is 0.164 e. The number of ketones is 1. The summed E-state index contributed by atoms with van der Waals surface area (Å²) < 4.78 is 0. The molecular weight excluding hydrogens is 275 g/mol. The fourth-order valence-electron chi connectivity index (χ4n) is 1.49. The van der Waals surface area contributed by atoms with E-state index in [4.69, 9.17) is 11.6 Å². The highest BCUT2D eigenvalue weighted by Gasteiger charge is 2.07. The molecule has 0 amide bonds. The molecule has 0 unspecified atom stereocenters. The van der Waals surface area contributed by atoms with Gasteiger partial charge in [-0.15, -0.1) is 11.6 Å². The lowest BCUT2D eigenvalue weighted by Crippen LogP contribution is -2.02. The highest BCUT2D eigenvalue weighted by molar-refractivity contribution is 9.08. The summed E-state index contributed by atoms with van der Waals surface area (Å²) in [5.41, 5.74) is 3.25. The van der Waals surface area contributed by atoms with E-state index in [9.17, 15) is 4.79 Å². The predicted molar refractivity (Wildman–Crippen MR) is 68.1 cm³/mol. The van der Waals surface area contributed by atoms with Crippen LogP contribution in [0.15, 0.2) is 18.2 Å². The SMILES string of the molecule is CCc1cc(C(=O)CCCl)ccc1CBr. The second kappa shape index (κ2) is 6.29. The Morgan fingerprint density at radius 2 is 2.13 bits per heavy atom. The molecule has 0 aromatic heterocycles. The second-order valence-corrected chi connectivity index (χ2v) is 4.27. The lowest BCUT2D eigenvalue weighted by Gasteiger charge is -2.07. The van der Waals surface area contributed by atoms with Crippen molar-refractivity contribution < 1.29 is 4.79 Å². The van der Waals surface area contributed by atoms with E-state index in [-0.39, 0.29) is 5.78 Å². The van der Waals surface area contributed by atoms with E-state index in [0.717, 1.165) is 17.3 Å². The van der Waals surface area contributed by atoms with Crippen molar-refractivity contribution in [1.82, 2.24) is 0 Å². The summed E-state index contributed by atoms with van der Waals surface area (Å²) in [5.74, 6) is 0.515. The molecule has 1 aromatic carbocycles. The third-order valence-corrected chi connectivity index (χ3v) is 3.17.